The van der Waals surface area contributed by atoms with E-state index >= 15 is 0 Å². The first-order valence-electron chi connectivity index (χ1n) is 6.99. The van der Waals surface area contributed by atoms with Crippen molar-refractivity contribution in [3.63, 3.8) is 0 Å². The van der Waals surface area contributed by atoms with Gasteiger partial charge in [0.2, 0.25) is 5.75 Å². The number of nitrogens with two attached hydrogens (primary N) is 1. The minimum atomic E-state index is -0.182. The van der Waals surface area contributed by atoms with Crippen LogP contribution in [0.3, 0.4) is 0 Å². The first-order valence-corrected chi connectivity index (χ1v) is 6.99. The average molecular weight is 297 g/mol. The van der Waals surface area contributed by atoms with Crippen LogP contribution in [0.4, 0.5) is 0 Å². The van der Waals surface area contributed by atoms with Crippen LogP contribution in [0.25, 0.3) is 0 Å². The largest absolute Gasteiger partial charge is 0.493 e. The summed E-state index contributed by atoms with van der Waals surface area (Å²) in [6.45, 7) is 4.10. The molecule has 0 spiro atoms. The molecule has 0 aliphatic rings. The highest BCUT2D eigenvalue weighted by Gasteiger charge is 2.21. The summed E-state index contributed by atoms with van der Waals surface area (Å²) in [6.07, 6.45) is 1.67. The topological polar surface area (TPSA) is 62.9 Å². The molecule has 0 aliphatic heterocycles. The van der Waals surface area contributed by atoms with E-state index in [0.717, 1.165) is 18.4 Å². The van der Waals surface area contributed by atoms with Crippen molar-refractivity contribution in [2.45, 2.75) is 38.3 Å². The molecule has 0 radical (unpaired) electrons. The van der Waals surface area contributed by atoms with Crippen LogP contribution in [0.15, 0.2) is 12.1 Å². The Hall–Kier alpha value is -1.46. The van der Waals surface area contributed by atoms with Crippen LogP contribution >= 0.6 is 0 Å². The van der Waals surface area contributed by atoms with Crippen molar-refractivity contribution in [2.24, 2.45) is 5.73 Å². The van der Waals surface area contributed by atoms with Gasteiger partial charge in [-0.15, -0.1) is 0 Å². The fourth-order valence-corrected chi connectivity index (χ4v) is 2.09. The fraction of sp³-hybridized carbons (Fsp3) is 0.625. The van der Waals surface area contributed by atoms with Gasteiger partial charge in [-0.2, -0.15) is 0 Å². The lowest BCUT2D eigenvalue weighted by atomic mass is 9.95. The SMILES string of the molecule is COc1cc(C(N)CCC(C)(C)OC)cc(OC)c1OC. The summed E-state index contributed by atoms with van der Waals surface area (Å²) < 4.78 is 21.4. The number of ether oxygens (including phenoxy) is 4. The van der Waals surface area contributed by atoms with Crippen LogP contribution in [0, 0.1) is 0 Å². The van der Waals surface area contributed by atoms with Crippen molar-refractivity contribution in [1.29, 1.82) is 0 Å². The highest BCUT2D eigenvalue weighted by molar-refractivity contribution is 5.54. The summed E-state index contributed by atoms with van der Waals surface area (Å²) in [5.74, 6) is 1.81. The van der Waals surface area contributed by atoms with Gasteiger partial charge in [-0.05, 0) is 44.4 Å². The van der Waals surface area contributed by atoms with Crippen molar-refractivity contribution >= 4 is 0 Å². The van der Waals surface area contributed by atoms with Gasteiger partial charge in [0.15, 0.2) is 11.5 Å². The van der Waals surface area contributed by atoms with Gasteiger partial charge in [0.05, 0.1) is 26.9 Å². The van der Waals surface area contributed by atoms with E-state index in [0.29, 0.717) is 17.2 Å². The molecule has 1 unspecified atom stereocenters. The van der Waals surface area contributed by atoms with E-state index < -0.39 is 0 Å². The summed E-state index contributed by atoms with van der Waals surface area (Å²) in [7, 11) is 6.49. The molecule has 1 aromatic rings. The zero-order valence-corrected chi connectivity index (χ0v) is 13.9. The highest BCUT2D eigenvalue weighted by atomic mass is 16.5. The summed E-state index contributed by atoms with van der Waals surface area (Å²) in [5, 5.41) is 0. The van der Waals surface area contributed by atoms with E-state index in [1.807, 2.05) is 12.1 Å². The number of methoxy groups -OCH3 is 4. The Morgan fingerprint density at radius 1 is 1.00 bits per heavy atom. The number of hydrogen-bond acceptors (Lipinski definition) is 5. The quantitative estimate of drug-likeness (QED) is 0.799. The van der Waals surface area contributed by atoms with Gasteiger partial charge in [0, 0.05) is 13.2 Å². The van der Waals surface area contributed by atoms with Crippen LogP contribution < -0.4 is 19.9 Å². The second-order valence-corrected chi connectivity index (χ2v) is 5.57. The molecule has 1 rings (SSSR count). The van der Waals surface area contributed by atoms with Crippen molar-refractivity contribution in [3.05, 3.63) is 17.7 Å². The molecule has 21 heavy (non-hydrogen) atoms. The van der Waals surface area contributed by atoms with Crippen molar-refractivity contribution in [1.82, 2.24) is 0 Å². The Bertz CT molecular complexity index is 435. The third-order valence-corrected chi connectivity index (χ3v) is 3.73. The van der Waals surface area contributed by atoms with Crippen molar-refractivity contribution in [2.75, 3.05) is 28.4 Å². The molecule has 1 atom stereocenters. The third kappa shape index (κ3) is 4.51. The Morgan fingerprint density at radius 3 is 1.90 bits per heavy atom. The van der Waals surface area contributed by atoms with Crippen molar-refractivity contribution in [3.8, 4) is 17.2 Å². The summed E-state index contributed by atoms with van der Waals surface area (Å²) in [4.78, 5) is 0. The number of benzene rings is 1. The first-order chi connectivity index (χ1) is 9.88. The summed E-state index contributed by atoms with van der Waals surface area (Å²) >= 11 is 0. The predicted molar refractivity (Wildman–Crippen MR) is 83.3 cm³/mol. The van der Waals surface area contributed by atoms with Gasteiger partial charge in [-0.3, -0.25) is 0 Å². The van der Waals surface area contributed by atoms with Crippen LogP contribution in [-0.4, -0.2) is 34.0 Å². The molecule has 0 bridgehead atoms. The molecule has 0 heterocycles. The Morgan fingerprint density at radius 2 is 1.52 bits per heavy atom. The molecule has 0 fully saturated rings. The van der Waals surface area contributed by atoms with Gasteiger partial charge in [0.25, 0.3) is 0 Å². The third-order valence-electron chi connectivity index (χ3n) is 3.73. The summed E-state index contributed by atoms with van der Waals surface area (Å²) in [5.41, 5.74) is 7.06. The Kier molecular flexibility index (Phi) is 6.30. The zero-order chi connectivity index (χ0) is 16.0. The molecule has 120 valence electrons. The molecular formula is C16H27NO4. The lowest BCUT2D eigenvalue weighted by molar-refractivity contribution is 0.0125. The second kappa shape index (κ2) is 7.52. The minimum absolute atomic E-state index is 0.117. The predicted octanol–water partition coefficient (Wildman–Crippen LogP) is 2.92. The zero-order valence-electron chi connectivity index (χ0n) is 13.9. The highest BCUT2D eigenvalue weighted by Crippen LogP contribution is 2.40. The smallest absolute Gasteiger partial charge is 0.203 e. The molecule has 0 saturated carbocycles. The standard InChI is InChI=1S/C16H27NO4/c1-16(2,21-6)8-7-12(17)11-9-13(18-3)15(20-5)14(10-11)19-4/h9-10,12H,7-8,17H2,1-6H3. The molecule has 0 saturated heterocycles. The Balaban J connectivity index is 2.97. The minimum Gasteiger partial charge on any atom is -0.493 e. The Labute approximate surface area is 127 Å². The molecule has 0 aliphatic carbocycles. The fourth-order valence-electron chi connectivity index (χ4n) is 2.09. The monoisotopic (exact) mass is 297 g/mol. The van der Waals surface area contributed by atoms with Crippen LogP contribution in [0.1, 0.15) is 38.3 Å². The van der Waals surface area contributed by atoms with E-state index in [1.165, 1.54) is 0 Å². The van der Waals surface area contributed by atoms with Gasteiger partial charge < -0.3 is 24.7 Å². The number of hydrogen-bond donors (Lipinski definition) is 1. The molecular weight excluding hydrogens is 270 g/mol. The lowest BCUT2D eigenvalue weighted by Gasteiger charge is -2.25. The van der Waals surface area contributed by atoms with Gasteiger partial charge in [-0.1, -0.05) is 0 Å². The van der Waals surface area contributed by atoms with Gasteiger partial charge in [0.1, 0.15) is 0 Å². The van der Waals surface area contributed by atoms with E-state index in [1.54, 1.807) is 28.4 Å². The van der Waals surface area contributed by atoms with Gasteiger partial charge in [-0.25, -0.2) is 0 Å². The van der Waals surface area contributed by atoms with E-state index in [9.17, 15) is 0 Å². The number of rotatable bonds is 8. The van der Waals surface area contributed by atoms with Crippen LogP contribution in [-0.2, 0) is 4.74 Å². The van der Waals surface area contributed by atoms with E-state index in [-0.39, 0.29) is 11.6 Å². The van der Waals surface area contributed by atoms with Gasteiger partial charge >= 0.3 is 0 Å². The average Bonchev–Trinajstić information content (AvgIpc) is 2.50. The maximum Gasteiger partial charge on any atom is 0.203 e. The molecule has 5 nitrogen and oxygen atoms in total. The normalized spacial score (nSPS) is 12.9. The first kappa shape index (κ1) is 17.6. The molecule has 1 aromatic carbocycles. The second-order valence-electron chi connectivity index (χ2n) is 5.57. The van der Waals surface area contributed by atoms with E-state index in [4.69, 9.17) is 24.7 Å². The van der Waals surface area contributed by atoms with Crippen LogP contribution in [0.2, 0.25) is 0 Å². The van der Waals surface area contributed by atoms with Crippen LogP contribution in [0.5, 0.6) is 17.2 Å². The maximum atomic E-state index is 6.29. The molecule has 0 aromatic heterocycles. The lowest BCUT2D eigenvalue weighted by Crippen LogP contribution is -2.24. The molecule has 2 N–H and O–H groups in total. The van der Waals surface area contributed by atoms with E-state index in [2.05, 4.69) is 13.8 Å². The maximum absolute atomic E-state index is 6.29. The summed E-state index contributed by atoms with van der Waals surface area (Å²) in [6, 6.07) is 3.67. The van der Waals surface area contributed by atoms with Crippen molar-refractivity contribution < 1.29 is 18.9 Å². The molecule has 5 heteroatoms. The molecule has 0 amide bonds.